The molecule has 2 heterocycles. The highest BCUT2D eigenvalue weighted by molar-refractivity contribution is 7.99. The average molecular weight is 403 g/mol. The van der Waals surface area contributed by atoms with E-state index < -0.39 is 12.0 Å². The first-order valence-corrected chi connectivity index (χ1v) is 10.5. The molecule has 8 heteroatoms. The second-order valence-electron chi connectivity index (χ2n) is 6.43. The first kappa shape index (κ1) is 20.3. The minimum Gasteiger partial charge on any atom is -0.494 e. The number of allylic oxidation sites excluding steroid dienone is 1. The van der Waals surface area contributed by atoms with Crippen molar-refractivity contribution in [1.29, 1.82) is 0 Å². The van der Waals surface area contributed by atoms with E-state index in [1.165, 1.54) is 7.11 Å². The molecule has 1 aliphatic rings. The lowest BCUT2D eigenvalue weighted by atomic mass is 9.95. The fraction of sp³-hybridized carbons (Fsp3) is 0.450. The van der Waals surface area contributed by atoms with Crippen molar-refractivity contribution in [2.45, 2.75) is 44.8 Å². The highest BCUT2D eigenvalue weighted by atomic mass is 32.2. The number of thioether (sulfide) groups is 1. The molecule has 0 radical (unpaired) electrons. The molecule has 150 valence electrons. The van der Waals surface area contributed by atoms with Crippen LogP contribution in [0.5, 0.6) is 5.75 Å². The number of ether oxygens (including phenoxy) is 2. The third kappa shape index (κ3) is 4.16. The van der Waals surface area contributed by atoms with Crippen LogP contribution in [0, 0.1) is 0 Å². The number of carbonyl (C=O) groups excluding carboxylic acids is 1. The second kappa shape index (κ2) is 9.14. The zero-order valence-corrected chi connectivity index (χ0v) is 17.5. The van der Waals surface area contributed by atoms with Crippen molar-refractivity contribution in [3.05, 3.63) is 41.1 Å². The van der Waals surface area contributed by atoms with Gasteiger partial charge in [0, 0.05) is 11.4 Å². The van der Waals surface area contributed by atoms with Crippen molar-refractivity contribution in [2.75, 3.05) is 24.8 Å². The van der Waals surface area contributed by atoms with Crippen LogP contribution in [0.25, 0.3) is 0 Å². The number of hydrogen-bond acceptors (Lipinski definition) is 7. The van der Waals surface area contributed by atoms with E-state index in [1.54, 1.807) is 16.4 Å². The molecule has 0 spiro atoms. The highest BCUT2D eigenvalue weighted by Gasteiger charge is 2.35. The van der Waals surface area contributed by atoms with E-state index in [-0.39, 0.29) is 0 Å². The van der Waals surface area contributed by atoms with Crippen LogP contribution in [0.15, 0.2) is 40.7 Å². The molecule has 7 nitrogen and oxygen atoms in total. The fourth-order valence-corrected chi connectivity index (χ4v) is 4.04. The summed E-state index contributed by atoms with van der Waals surface area (Å²) in [6.45, 7) is 6.52. The van der Waals surface area contributed by atoms with Crippen molar-refractivity contribution in [2.24, 2.45) is 0 Å². The third-order valence-electron chi connectivity index (χ3n) is 4.45. The van der Waals surface area contributed by atoms with E-state index in [2.05, 4.69) is 22.3 Å². The molecule has 1 aliphatic heterocycles. The van der Waals surface area contributed by atoms with Crippen LogP contribution in [0.4, 0.5) is 5.95 Å². The molecule has 1 aromatic carbocycles. The lowest BCUT2D eigenvalue weighted by molar-refractivity contribution is -0.136. The Bertz CT molecular complexity index is 878. The molecule has 1 N–H and O–H groups in total. The van der Waals surface area contributed by atoms with Gasteiger partial charge in [-0.1, -0.05) is 37.2 Å². The van der Waals surface area contributed by atoms with Gasteiger partial charge in [-0.15, -0.1) is 5.10 Å². The number of fused-ring (bicyclic) bond motifs is 1. The minimum absolute atomic E-state index is 0.391. The second-order valence-corrected chi connectivity index (χ2v) is 7.49. The van der Waals surface area contributed by atoms with Gasteiger partial charge in [0.2, 0.25) is 11.1 Å². The molecule has 3 rings (SSSR count). The van der Waals surface area contributed by atoms with Crippen LogP contribution in [0.3, 0.4) is 0 Å². The van der Waals surface area contributed by atoms with Gasteiger partial charge in [0.1, 0.15) is 11.8 Å². The number of unbranched alkanes of at least 4 members (excludes halogenated alkanes) is 1. The highest BCUT2D eigenvalue weighted by Crippen LogP contribution is 2.37. The Balaban J connectivity index is 2.05. The van der Waals surface area contributed by atoms with Gasteiger partial charge >= 0.3 is 5.97 Å². The number of esters is 1. The Morgan fingerprint density at radius 2 is 2.18 bits per heavy atom. The number of nitrogens with one attached hydrogen (secondary N) is 1. The SMILES string of the molecule is CCCCSc1nc2n(n1)[C@@H](c1cccc(OCC)c1)C(C(=O)OC)=C(C)N2. The van der Waals surface area contributed by atoms with Crippen LogP contribution in [-0.4, -0.2) is 40.2 Å². The number of aromatic nitrogens is 3. The molecule has 0 amide bonds. The van der Waals surface area contributed by atoms with Gasteiger partial charge in [0.05, 0.1) is 19.3 Å². The first-order valence-electron chi connectivity index (χ1n) is 9.47. The Morgan fingerprint density at radius 3 is 2.89 bits per heavy atom. The molecule has 0 fully saturated rings. The summed E-state index contributed by atoms with van der Waals surface area (Å²) < 4.78 is 12.5. The lowest BCUT2D eigenvalue weighted by Gasteiger charge is -2.28. The Morgan fingerprint density at radius 1 is 1.36 bits per heavy atom. The van der Waals surface area contributed by atoms with Gasteiger partial charge < -0.3 is 14.8 Å². The maximum atomic E-state index is 12.6. The maximum absolute atomic E-state index is 12.6. The predicted molar refractivity (Wildman–Crippen MR) is 110 cm³/mol. The van der Waals surface area contributed by atoms with E-state index in [9.17, 15) is 4.79 Å². The van der Waals surface area contributed by atoms with Gasteiger partial charge in [-0.3, -0.25) is 0 Å². The van der Waals surface area contributed by atoms with E-state index in [4.69, 9.17) is 9.47 Å². The number of nitrogens with zero attached hydrogens (tertiary/aromatic N) is 3. The molecule has 0 bridgehead atoms. The largest absolute Gasteiger partial charge is 0.494 e. The van der Waals surface area contributed by atoms with E-state index >= 15 is 0 Å². The Labute approximate surface area is 169 Å². The molecule has 0 aliphatic carbocycles. The number of hydrogen-bond donors (Lipinski definition) is 1. The van der Waals surface area contributed by atoms with Crippen LogP contribution >= 0.6 is 11.8 Å². The van der Waals surface area contributed by atoms with Crippen molar-refractivity contribution in [3.63, 3.8) is 0 Å². The minimum atomic E-state index is -0.433. The fourth-order valence-electron chi connectivity index (χ4n) is 3.12. The molecule has 28 heavy (non-hydrogen) atoms. The summed E-state index contributed by atoms with van der Waals surface area (Å²) in [5.74, 6) is 1.94. The normalized spacial score (nSPS) is 15.8. The smallest absolute Gasteiger partial charge is 0.338 e. The predicted octanol–water partition coefficient (Wildman–Crippen LogP) is 4.03. The monoisotopic (exact) mass is 402 g/mol. The van der Waals surface area contributed by atoms with Crippen molar-refractivity contribution in [3.8, 4) is 5.75 Å². The maximum Gasteiger partial charge on any atom is 0.338 e. The van der Waals surface area contributed by atoms with E-state index in [1.807, 2.05) is 38.1 Å². The Kier molecular flexibility index (Phi) is 6.61. The number of rotatable bonds is 8. The van der Waals surface area contributed by atoms with Crippen molar-refractivity contribution < 1.29 is 14.3 Å². The van der Waals surface area contributed by atoms with Gasteiger partial charge in [-0.05, 0) is 38.0 Å². The van der Waals surface area contributed by atoms with Crippen LogP contribution in [0.1, 0.15) is 45.2 Å². The summed E-state index contributed by atoms with van der Waals surface area (Å²) in [5.41, 5.74) is 2.12. The number of methoxy groups -OCH3 is 1. The molecule has 1 aromatic heterocycles. The van der Waals surface area contributed by atoms with Crippen molar-refractivity contribution in [1.82, 2.24) is 14.8 Å². The number of anilines is 1. The molecule has 0 unspecified atom stereocenters. The average Bonchev–Trinajstić information content (AvgIpc) is 3.09. The zero-order valence-electron chi connectivity index (χ0n) is 16.7. The lowest BCUT2D eigenvalue weighted by Crippen LogP contribution is -2.29. The van der Waals surface area contributed by atoms with E-state index in [0.717, 1.165) is 29.9 Å². The summed E-state index contributed by atoms with van der Waals surface area (Å²) in [7, 11) is 1.39. The summed E-state index contributed by atoms with van der Waals surface area (Å²) in [6, 6.07) is 7.28. The zero-order chi connectivity index (χ0) is 20.1. The van der Waals surface area contributed by atoms with Crippen LogP contribution in [-0.2, 0) is 9.53 Å². The molecular formula is C20H26N4O3S. The summed E-state index contributed by atoms with van der Waals surface area (Å²) in [5, 5.41) is 8.57. The molecule has 0 saturated carbocycles. The standard InChI is InChI=1S/C20H26N4O3S/c1-5-7-11-28-20-22-19-21-13(3)16(18(25)26-4)17(24(19)23-20)14-9-8-10-15(12-14)27-6-2/h8-10,12,17H,5-7,11H2,1-4H3,(H,21,22,23)/t17-/m0/s1. The quantitative estimate of drug-likeness (QED) is 0.406. The van der Waals surface area contributed by atoms with Crippen molar-refractivity contribution >= 4 is 23.7 Å². The van der Waals surface area contributed by atoms with Gasteiger partial charge in [0.25, 0.3) is 0 Å². The Hall–Kier alpha value is -2.48. The van der Waals surface area contributed by atoms with Gasteiger partial charge in [-0.25, -0.2) is 9.48 Å². The molecule has 2 aromatic rings. The summed E-state index contributed by atoms with van der Waals surface area (Å²) >= 11 is 1.62. The van der Waals surface area contributed by atoms with Crippen LogP contribution in [0.2, 0.25) is 0 Å². The summed E-state index contributed by atoms with van der Waals surface area (Å²) in [6.07, 6.45) is 2.23. The molecule has 1 atom stereocenters. The summed E-state index contributed by atoms with van der Waals surface area (Å²) in [4.78, 5) is 17.2. The number of carbonyl (C=O) groups is 1. The van der Waals surface area contributed by atoms with E-state index in [0.29, 0.717) is 29.0 Å². The third-order valence-corrected chi connectivity index (χ3v) is 5.38. The topological polar surface area (TPSA) is 78.3 Å². The molecule has 0 saturated heterocycles. The number of benzene rings is 1. The first-order chi connectivity index (χ1) is 13.6. The van der Waals surface area contributed by atoms with Gasteiger partial charge in [-0.2, -0.15) is 4.98 Å². The van der Waals surface area contributed by atoms with Crippen LogP contribution < -0.4 is 10.1 Å². The molecular weight excluding hydrogens is 376 g/mol. The van der Waals surface area contributed by atoms with Gasteiger partial charge in [0.15, 0.2) is 0 Å².